The van der Waals surface area contributed by atoms with Crippen molar-refractivity contribution in [1.29, 1.82) is 0 Å². The van der Waals surface area contributed by atoms with Gasteiger partial charge in [-0.15, -0.1) is 0 Å². The SMILES string of the molecule is CCOc1cccc(/C=C2\N=C(c3cccc(F)c3)OC2=O)c1. The van der Waals surface area contributed by atoms with Crippen LogP contribution in [0.15, 0.2) is 59.2 Å². The van der Waals surface area contributed by atoms with Crippen molar-refractivity contribution < 1.29 is 18.7 Å². The molecule has 0 amide bonds. The molecule has 0 radical (unpaired) electrons. The summed E-state index contributed by atoms with van der Waals surface area (Å²) in [5.74, 6) is -0.168. The average molecular weight is 311 g/mol. The monoisotopic (exact) mass is 311 g/mol. The van der Waals surface area contributed by atoms with Gasteiger partial charge in [-0.1, -0.05) is 18.2 Å². The third-order valence-corrected chi connectivity index (χ3v) is 3.16. The molecule has 2 aromatic carbocycles. The number of cyclic esters (lactones) is 1. The van der Waals surface area contributed by atoms with Gasteiger partial charge in [-0.05, 0) is 48.9 Å². The first kappa shape index (κ1) is 15.0. The van der Waals surface area contributed by atoms with Crippen LogP contribution in [0.3, 0.4) is 0 Å². The molecule has 1 aliphatic heterocycles. The lowest BCUT2D eigenvalue weighted by Gasteiger charge is -2.03. The predicted molar refractivity (Wildman–Crippen MR) is 84.6 cm³/mol. The molecule has 0 saturated carbocycles. The molecule has 0 fully saturated rings. The molecule has 23 heavy (non-hydrogen) atoms. The second-order valence-corrected chi connectivity index (χ2v) is 4.85. The molecule has 116 valence electrons. The van der Waals surface area contributed by atoms with Crippen LogP contribution < -0.4 is 4.74 Å². The van der Waals surface area contributed by atoms with E-state index in [1.807, 2.05) is 25.1 Å². The minimum atomic E-state index is -0.564. The highest BCUT2D eigenvalue weighted by atomic mass is 19.1. The molecule has 5 heteroatoms. The van der Waals surface area contributed by atoms with Gasteiger partial charge in [0.2, 0.25) is 5.90 Å². The summed E-state index contributed by atoms with van der Waals surface area (Å²) in [7, 11) is 0. The fourth-order valence-electron chi connectivity index (χ4n) is 2.17. The van der Waals surface area contributed by atoms with Gasteiger partial charge in [0.05, 0.1) is 6.61 Å². The Hall–Kier alpha value is -2.95. The van der Waals surface area contributed by atoms with E-state index in [1.165, 1.54) is 18.2 Å². The van der Waals surface area contributed by atoms with Crippen LogP contribution in [-0.4, -0.2) is 18.5 Å². The first-order valence-corrected chi connectivity index (χ1v) is 7.17. The summed E-state index contributed by atoms with van der Waals surface area (Å²) in [6.07, 6.45) is 1.61. The first-order chi connectivity index (χ1) is 11.2. The molecule has 0 saturated heterocycles. The van der Waals surface area contributed by atoms with E-state index in [4.69, 9.17) is 9.47 Å². The quantitative estimate of drug-likeness (QED) is 0.640. The van der Waals surface area contributed by atoms with Crippen molar-refractivity contribution in [3.05, 3.63) is 71.2 Å². The van der Waals surface area contributed by atoms with E-state index in [1.54, 1.807) is 18.2 Å². The van der Waals surface area contributed by atoms with E-state index in [2.05, 4.69) is 4.99 Å². The maximum absolute atomic E-state index is 13.3. The number of hydrogen-bond acceptors (Lipinski definition) is 4. The average Bonchev–Trinajstić information content (AvgIpc) is 2.89. The van der Waals surface area contributed by atoms with Crippen LogP contribution in [0.25, 0.3) is 6.08 Å². The van der Waals surface area contributed by atoms with E-state index in [-0.39, 0.29) is 11.6 Å². The number of ether oxygens (including phenoxy) is 2. The van der Waals surface area contributed by atoms with Gasteiger partial charge in [-0.3, -0.25) is 0 Å². The lowest BCUT2D eigenvalue weighted by atomic mass is 10.2. The van der Waals surface area contributed by atoms with E-state index in [9.17, 15) is 9.18 Å². The van der Waals surface area contributed by atoms with Gasteiger partial charge in [0.15, 0.2) is 5.70 Å². The molecule has 2 aromatic rings. The summed E-state index contributed by atoms with van der Waals surface area (Å²) in [4.78, 5) is 16.1. The predicted octanol–water partition coefficient (Wildman–Crippen LogP) is 3.57. The molecular weight excluding hydrogens is 297 g/mol. The van der Waals surface area contributed by atoms with Crippen LogP contribution in [0.2, 0.25) is 0 Å². The number of aliphatic imine (C=N–C) groups is 1. The van der Waals surface area contributed by atoms with E-state index in [0.29, 0.717) is 17.9 Å². The summed E-state index contributed by atoms with van der Waals surface area (Å²) in [6, 6.07) is 13.1. The Kier molecular flexibility index (Phi) is 4.19. The Morgan fingerprint density at radius 1 is 1.22 bits per heavy atom. The number of esters is 1. The zero-order valence-corrected chi connectivity index (χ0v) is 12.5. The zero-order valence-electron chi connectivity index (χ0n) is 12.5. The van der Waals surface area contributed by atoms with Crippen LogP contribution in [-0.2, 0) is 9.53 Å². The molecule has 0 atom stereocenters. The van der Waals surface area contributed by atoms with Gasteiger partial charge in [0, 0.05) is 5.56 Å². The van der Waals surface area contributed by atoms with E-state index < -0.39 is 11.8 Å². The minimum Gasteiger partial charge on any atom is -0.494 e. The number of benzene rings is 2. The second-order valence-electron chi connectivity index (χ2n) is 4.85. The Bertz CT molecular complexity index is 811. The van der Waals surface area contributed by atoms with Gasteiger partial charge >= 0.3 is 5.97 Å². The van der Waals surface area contributed by atoms with E-state index in [0.717, 1.165) is 5.56 Å². The lowest BCUT2D eigenvalue weighted by Crippen LogP contribution is -2.05. The number of hydrogen-bond donors (Lipinski definition) is 0. The van der Waals surface area contributed by atoms with Crippen molar-refractivity contribution in [1.82, 2.24) is 0 Å². The highest BCUT2D eigenvalue weighted by molar-refractivity contribution is 6.12. The van der Waals surface area contributed by atoms with Gasteiger partial charge in [0.25, 0.3) is 0 Å². The molecule has 0 N–H and O–H groups in total. The van der Waals surface area contributed by atoms with Crippen molar-refractivity contribution in [2.75, 3.05) is 6.61 Å². The fraction of sp³-hybridized carbons (Fsp3) is 0.111. The zero-order chi connectivity index (χ0) is 16.2. The summed E-state index contributed by atoms with van der Waals surface area (Å²) in [6.45, 7) is 2.46. The van der Waals surface area contributed by atoms with Crippen LogP contribution >= 0.6 is 0 Å². The second kappa shape index (κ2) is 6.44. The molecule has 0 bridgehead atoms. The summed E-state index contributed by atoms with van der Waals surface area (Å²) in [5.41, 5.74) is 1.36. The van der Waals surface area contributed by atoms with Crippen LogP contribution in [0, 0.1) is 5.82 Å². The number of rotatable bonds is 4. The van der Waals surface area contributed by atoms with Crippen molar-refractivity contribution in [2.24, 2.45) is 4.99 Å². The summed E-state index contributed by atoms with van der Waals surface area (Å²) < 4.78 is 23.8. The number of carbonyl (C=O) groups excluding carboxylic acids is 1. The molecule has 0 unspecified atom stereocenters. The minimum absolute atomic E-state index is 0.0988. The maximum atomic E-state index is 13.3. The van der Waals surface area contributed by atoms with Gasteiger partial charge in [0.1, 0.15) is 11.6 Å². The number of carbonyl (C=O) groups is 1. The largest absolute Gasteiger partial charge is 0.494 e. The van der Waals surface area contributed by atoms with Crippen molar-refractivity contribution in [3.8, 4) is 5.75 Å². The third kappa shape index (κ3) is 3.45. The van der Waals surface area contributed by atoms with Crippen LogP contribution in [0.5, 0.6) is 5.75 Å². The van der Waals surface area contributed by atoms with Crippen molar-refractivity contribution in [3.63, 3.8) is 0 Å². The lowest BCUT2D eigenvalue weighted by molar-refractivity contribution is -0.129. The first-order valence-electron chi connectivity index (χ1n) is 7.17. The standard InChI is InChI=1S/C18H14FNO3/c1-2-22-15-8-3-5-12(9-15)10-16-18(21)23-17(20-16)13-6-4-7-14(19)11-13/h3-11H,2H2,1H3/b16-10-. The molecule has 0 spiro atoms. The topological polar surface area (TPSA) is 47.9 Å². The van der Waals surface area contributed by atoms with Crippen molar-refractivity contribution in [2.45, 2.75) is 6.92 Å². The Morgan fingerprint density at radius 2 is 2.04 bits per heavy atom. The van der Waals surface area contributed by atoms with Gasteiger partial charge in [-0.2, -0.15) is 0 Å². The third-order valence-electron chi connectivity index (χ3n) is 3.16. The maximum Gasteiger partial charge on any atom is 0.363 e. The number of halogens is 1. The molecule has 0 aliphatic carbocycles. The summed E-state index contributed by atoms with van der Waals surface area (Å²) >= 11 is 0. The van der Waals surface area contributed by atoms with Crippen LogP contribution in [0.1, 0.15) is 18.1 Å². The van der Waals surface area contributed by atoms with Gasteiger partial charge < -0.3 is 9.47 Å². The van der Waals surface area contributed by atoms with Gasteiger partial charge in [-0.25, -0.2) is 14.2 Å². The molecule has 0 aromatic heterocycles. The molecule has 3 rings (SSSR count). The molecular formula is C18H14FNO3. The Labute approximate surface area is 132 Å². The highest BCUT2D eigenvalue weighted by Gasteiger charge is 2.24. The smallest absolute Gasteiger partial charge is 0.363 e. The number of nitrogens with zero attached hydrogens (tertiary/aromatic N) is 1. The molecule has 1 heterocycles. The fourth-order valence-corrected chi connectivity index (χ4v) is 2.17. The Balaban J connectivity index is 1.90. The normalized spacial score (nSPS) is 15.5. The highest BCUT2D eigenvalue weighted by Crippen LogP contribution is 2.21. The van der Waals surface area contributed by atoms with E-state index >= 15 is 0 Å². The van der Waals surface area contributed by atoms with Crippen LogP contribution in [0.4, 0.5) is 4.39 Å². The summed E-state index contributed by atoms with van der Waals surface area (Å²) in [5, 5.41) is 0. The molecule has 4 nitrogen and oxygen atoms in total. The van der Waals surface area contributed by atoms with Crippen molar-refractivity contribution >= 4 is 17.9 Å². The molecule has 1 aliphatic rings. The Morgan fingerprint density at radius 3 is 2.83 bits per heavy atom.